The molecule has 2 aromatic rings. The first-order valence-corrected chi connectivity index (χ1v) is 20.6. The highest BCUT2D eigenvalue weighted by Crippen LogP contribution is 2.68. The molecular formula is C17H19Cl5Si3. The van der Waals surface area contributed by atoms with Gasteiger partial charge in [-0.05, 0) is 11.1 Å². The second-order valence-corrected chi connectivity index (χ2v) is 29.2. The first-order valence-electron chi connectivity index (χ1n) is 8.12. The molecule has 1 fully saturated rings. The Morgan fingerprint density at radius 2 is 1.00 bits per heavy atom. The molecule has 0 nitrogen and oxygen atoms in total. The second-order valence-electron chi connectivity index (χ2n) is 7.12. The van der Waals surface area contributed by atoms with Crippen LogP contribution < -0.4 is 0 Å². The summed E-state index contributed by atoms with van der Waals surface area (Å²) in [6.07, 6.45) is 0. The van der Waals surface area contributed by atoms with E-state index in [0.29, 0.717) is 0 Å². The summed E-state index contributed by atoms with van der Waals surface area (Å²) in [6.45, 7) is -1.64. The van der Waals surface area contributed by atoms with Crippen molar-refractivity contribution in [1.82, 2.24) is 0 Å². The van der Waals surface area contributed by atoms with Crippen LogP contribution in [0.4, 0.5) is 0 Å². The Balaban J connectivity index is 2.25. The molecule has 3 rings (SSSR count). The molecule has 0 bridgehead atoms. The van der Waals surface area contributed by atoms with Gasteiger partial charge >= 0.3 is 0 Å². The molecule has 1 aliphatic heterocycles. The fourth-order valence-electron chi connectivity index (χ4n) is 4.13. The van der Waals surface area contributed by atoms with Crippen LogP contribution in [0.1, 0.15) is 22.2 Å². The van der Waals surface area contributed by atoms with Crippen LogP contribution in [-0.4, -0.2) is 20.8 Å². The van der Waals surface area contributed by atoms with Crippen molar-refractivity contribution in [2.75, 3.05) is 0 Å². The third-order valence-corrected chi connectivity index (χ3v) is 32.6. The Kier molecular flexibility index (Phi) is 5.82. The predicted octanol–water partition coefficient (Wildman–Crippen LogP) is 7.38. The Morgan fingerprint density at radius 1 is 0.680 bits per heavy atom. The summed E-state index contributed by atoms with van der Waals surface area (Å²) in [6, 6.07) is 20.4. The van der Waals surface area contributed by atoms with Crippen LogP contribution in [0.3, 0.4) is 0 Å². The van der Waals surface area contributed by atoms with Gasteiger partial charge < -0.3 is 0 Å². The molecule has 2 aromatic carbocycles. The summed E-state index contributed by atoms with van der Waals surface area (Å²) in [7, 11) is -2.28. The maximum atomic E-state index is 7.17. The lowest BCUT2D eigenvalue weighted by atomic mass is 10.0. The number of halogens is 5. The normalized spacial score (nSPS) is 25.9. The number of hydrogen-bond donors (Lipinski definition) is 0. The first kappa shape index (κ1) is 20.3. The predicted molar refractivity (Wildman–Crippen MR) is 120 cm³/mol. The summed E-state index contributed by atoms with van der Waals surface area (Å²) in [5, 5.41) is 0. The third kappa shape index (κ3) is 3.64. The van der Waals surface area contributed by atoms with Gasteiger partial charge in [0, 0.05) is 15.9 Å². The molecule has 0 unspecified atom stereocenters. The molecule has 1 saturated heterocycles. The SMILES string of the molecule is C[Si](C)(Cl)C1[Si](Cl)(Cl)[C@@H](c2ccccc2)[C@H](c2ccccc2)[Si]1(Cl)Cl. The van der Waals surface area contributed by atoms with E-state index in [-0.39, 0.29) is 15.9 Å². The van der Waals surface area contributed by atoms with Crippen molar-refractivity contribution < 1.29 is 0 Å². The molecule has 8 heteroatoms. The van der Waals surface area contributed by atoms with Crippen LogP contribution >= 0.6 is 55.4 Å². The molecule has 0 aromatic heterocycles. The molecule has 0 radical (unpaired) electrons. The van der Waals surface area contributed by atoms with Gasteiger partial charge in [-0.3, -0.25) is 0 Å². The van der Waals surface area contributed by atoms with E-state index in [0.717, 1.165) is 11.1 Å². The summed E-state index contributed by atoms with van der Waals surface area (Å²) in [5.74, 6) is 0. The van der Waals surface area contributed by atoms with Crippen molar-refractivity contribution in [2.45, 2.75) is 29.0 Å². The van der Waals surface area contributed by atoms with E-state index in [1.807, 2.05) is 36.4 Å². The molecule has 0 amide bonds. The van der Waals surface area contributed by atoms with Crippen LogP contribution in [0.2, 0.25) is 17.9 Å². The lowest BCUT2D eigenvalue weighted by Crippen LogP contribution is -2.48. The van der Waals surface area contributed by atoms with Crippen LogP contribution in [0, 0.1) is 0 Å². The van der Waals surface area contributed by atoms with Crippen molar-refractivity contribution >= 4 is 76.2 Å². The largest absolute Gasteiger partial charge is 0.260 e. The monoisotopic (exact) mass is 482 g/mol. The summed E-state index contributed by atoms with van der Waals surface area (Å²) < 4.78 is 0. The van der Waals surface area contributed by atoms with Gasteiger partial charge in [-0.15, -0.1) is 44.3 Å². The van der Waals surface area contributed by atoms with E-state index >= 15 is 0 Å². The highest BCUT2D eigenvalue weighted by molar-refractivity contribution is 7.65. The fraction of sp³-hybridized carbons (Fsp3) is 0.294. The van der Waals surface area contributed by atoms with Gasteiger partial charge in [0.15, 0.2) is 7.38 Å². The molecule has 134 valence electrons. The Bertz CT molecular complexity index is 673. The van der Waals surface area contributed by atoms with E-state index in [9.17, 15) is 0 Å². The molecule has 0 N–H and O–H groups in total. The molecule has 1 aliphatic rings. The van der Waals surface area contributed by atoms with Gasteiger partial charge in [0.25, 0.3) is 13.4 Å². The van der Waals surface area contributed by atoms with Gasteiger partial charge in [0.2, 0.25) is 0 Å². The molecular weight excluding hydrogens is 466 g/mol. The van der Waals surface area contributed by atoms with Crippen molar-refractivity contribution in [2.24, 2.45) is 0 Å². The van der Waals surface area contributed by atoms with E-state index in [2.05, 4.69) is 37.4 Å². The Morgan fingerprint density at radius 3 is 1.28 bits per heavy atom. The molecule has 25 heavy (non-hydrogen) atoms. The van der Waals surface area contributed by atoms with E-state index in [1.165, 1.54) is 0 Å². The maximum absolute atomic E-state index is 7.17. The lowest BCUT2D eigenvalue weighted by molar-refractivity contribution is 0.866. The standard InChI is InChI=1S/C17H19Cl5Si3/c1-23(2,18)17-24(19,20)15(13-9-5-3-6-10-13)16(25(17,21)22)14-11-7-4-8-12-14/h3-12,15-17H,1-2H3/t15-,16-/m0/s1. The molecule has 0 saturated carbocycles. The van der Waals surface area contributed by atoms with Crippen molar-refractivity contribution in [3.63, 3.8) is 0 Å². The Labute approximate surface area is 175 Å². The average molecular weight is 485 g/mol. The zero-order chi connectivity index (χ0) is 18.5. The average Bonchev–Trinajstić information content (AvgIpc) is 2.69. The summed E-state index contributed by atoms with van der Waals surface area (Å²) in [4.78, 5) is -0.128. The maximum Gasteiger partial charge on any atom is 0.260 e. The number of rotatable bonds is 3. The fourth-order valence-corrected chi connectivity index (χ4v) is 47.9. The van der Waals surface area contributed by atoms with E-state index < -0.39 is 20.8 Å². The van der Waals surface area contributed by atoms with E-state index in [4.69, 9.17) is 55.4 Å². The van der Waals surface area contributed by atoms with Gasteiger partial charge in [-0.2, -0.15) is 11.1 Å². The van der Waals surface area contributed by atoms with Crippen LogP contribution in [0.25, 0.3) is 0 Å². The molecule has 1 heterocycles. The minimum Gasteiger partial charge on any atom is -0.168 e. The first-order chi connectivity index (χ1) is 11.6. The van der Waals surface area contributed by atoms with Crippen LogP contribution in [0.5, 0.6) is 0 Å². The minimum atomic E-state index is -2.88. The summed E-state index contributed by atoms with van der Waals surface area (Å²) >= 11 is 35.6. The highest BCUT2D eigenvalue weighted by Gasteiger charge is 2.73. The van der Waals surface area contributed by atoms with Crippen LogP contribution in [-0.2, 0) is 0 Å². The van der Waals surface area contributed by atoms with Gasteiger partial charge in [-0.1, -0.05) is 73.8 Å². The molecule has 2 atom stereocenters. The summed E-state index contributed by atoms with van der Waals surface area (Å²) in [5.41, 5.74) is 2.11. The highest BCUT2D eigenvalue weighted by atomic mass is 35.7. The van der Waals surface area contributed by atoms with Crippen molar-refractivity contribution in [3.8, 4) is 0 Å². The van der Waals surface area contributed by atoms with Crippen LogP contribution in [0.15, 0.2) is 60.7 Å². The minimum absolute atomic E-state index is 0.0587. The van der Waals surface area contributed by atoms with Crippen molar-refractivity contribution in [3.05, 3.63) is 71.8 Å². The lowest BCUT2D eigenvalue weighted by Gasteiger charge is -2.34. The van der Waals surface area contributed by atoms with Crippen molar-refractivity contribution in [1.29, 1.82) is 0 Å². The second kappa shape index (κ2) is 7.17. The van der Waals surface area contributed by atoms with E-state index in [1.54, 1.807) is 0 Å². The molecule has 0 spiro atoms. The quantitative estimate of drug-likeness (QED) is 0.315. The topological polar surface area (TPSA) is 0 Å². The Hall–Kier alpha value is 0.541. The third-order valence-electron chi connectivity index (χ3n) is 4.94. The van der Waals surface area contributed by atoms with Gasteiger partial charge in [0.05, 0.1) is 0 Å². The van der Waals surface area contributed by atoms with Gasteiger partial charge in [-0.25, -0.2) is 0 Å². The smallest absolute Gasteiger partial charge is 0.168 e. The zero-order valence-corrected chi connectivity index (χ0v) is 20.7. The number of hydrogen-bond acceptors (Lipinski definition) is 0. The zero-order valence-electron chi connectivity index (χ0n) is 13.9. The number of benzene rings is 2. The van der Waals surface area contributed by atoms with Gasteiger partial charge in [0.1, 0.15) is 0 Å². The molecule has 0 aliphatic carbocycles.